The van der Waals surface area contributed by atoms with Crippen molar-refractivity contribution < 1.29 is 14.6 Å². The van der Waals surface area contributed by atoms with Gasteiger partial charge in [-0.2, -0.15) is 0 Å². The smallest absolute Gasteiger partial charge is 0.238 e. The van der Waals surface area contributed by atoms with Gasteiger partial charge in [0.2, 0.25) is 5.91 Å². The number of hydrogen-bond acceptors (Lipinski definition) is 4. The van der Waals surface area contributed by atoms with Gasteiger partial charge in [0, 0.05) is 18.8 Å². The van der Waals surface area contributed by atoms with Gasteiger partial charge >= 0.3 is 0 Å². The number of benzene rings is 1. The molecule has 6 heteroatoms. The molecule has 1 aromatic carbocycles. The molecule has 0 atom stereocenters. The van der Waals surface area contributed by atoms with E-state index in [2.05, 4.69) is 10.2 Å². The molecule has 1 saturated heterocycles. The zero-order chi connectivity index (χ0) is 13.8. The van der Waals surface area contributed by atoms with Gasteiger partial charge in [-0.15, -0.1) is 12.4 Å². The molecule has 5 nitrogen and oxygen atoms in total. The number of rotatable bonds is 3. The second-order valence-electron chi connectivity index (χ2n) is 4.90. The third-order valence-corrected chi connectivity index (χ3v) is 3.25. The monoisotopic (exact) mass is 300 g/mol. The van der Waals surface area contributed by atoms with Gasteiger partial charge in [-0.05, 0) is 37.1 Å². The minimum Gasteiger partial charge on any atom is -0.507 e. The van der Waals surface area contributed by atoms with E-state index in [4.69, 9.17) is 4.74 Å². The van der Waals surface area contributed by atoms with Gasteiger partial charge in [0.15, 0.2) is 0 Å². The Kier molecular flexibility index (Phi) is 6.26. The lowest BCUT2D eigenvalue weighted by Crippen LogP contribution is -2.41. The highest BCUT2D eigenvalue weighted by Gasteiger charge is 2.14. The first-order valence-electron chi connectivity index (χ1n) is 6.46. The van der Waals surface area contributed by atoms with E-state index < -0.39 is 0 Å². The van der Waals surface area contributed by atoms with E-state index in [1.807, 2.05) is 13.8 Å². The van der Waals surface area contributed by atoms with Gasteiger partial charge in [0.25, 0.3) is 0 Å². The predicted octanol–water partition coefficient (Wildman–Crippen LogP) is 1.70. The quantitative estimate of drug-likeness (QED) is 0.834. The van der Waals surface area contributed by atoms with Crippen LogP contribution in [0.4, 0.5) is 5.69 Å². The van der Waals surface area contributed by atoms with Crippen molar-refractivity contribution in [3.05, 3.63) is 23.3 Å². The Balaban J connectivity index is 0.00000200. The molecule has 0 saturated carbocycles. The first-order chi connectivity index (χ1) is 9.06. The van der Waals surface area contributed by atoms with E-state index in [1.165, 1.54) is 0 Å². The maximum Gasteiger partial charge on any atom is 0.238 e. The molecule has 0 aliphatic carbocycles. The molecule has 1 aliphatic rings. The highest BCUT2D eigenvalue weighted by atomic mass is 35.5. The summed E-state index contributed by atoms with van der Waals surface area (Å²) in [6.07, 6.45) is 0. The number of carbonyl (C=O) groups excluding carboxylic acids is 1. The number of aromatic hydroxyl groups is 1. The number of phenols is 1. The Labute approximate surface area is 125 Å². The molecule has 2 rings (SSSR count). The van der Waals surface area contributed by atoms with Crippen LogP contribution in [0.15, 0.2) is 12.1 Å². The van der Waals surface area contributed by atoms with Crippen molar-refractivity contribution in [3.63, 3.8) is 0 Å². The molecule has 1 amide bonds. The van der Waals surface area contributed by atoms with Crippen LogP contribution in [0.1, 0.15) is 11.1 Å². The van der Waals surface area contributed by atoms with Gasteiger partial charge in [0.1, 0.15) is 5.75 Å². The third-order valence-electron chi connectivity index (χ3n) is 3.25. The number of halogens is 1. The Morgan fingerprint density at radius 3 is 2.40 bits per heavy atom. The lowest BCUT2D eigenvalue weighted by atomic mass is 10.1. The first kappa shape index (κ1) is 16.8. The van der Waals surface area contributed by atoms with Crippen molar-refractivity contribution in [2.45, 2.75) is 13.8 Å². The highest BCUT2D eigenvalue weighted by molar-refractivity contribution is 5.92. The molecule has 1 aliphatic heterocycles. The number of hydrogen-bond donors (Lipinski definition) is 2. The summed E-state index contributed by atoms with van der Waals surface area (Å²) in [4.78, 5) is 14.0. The Morgan fingerprint density at radius 1 is 1.30 bits per heavy atom. The summed E-state index contributed by atoms with van der Waals surface area (Å²) in [7, 11) is 0. The lowest BCUT2D eigenvalue weighted by Gasteiger charge is -2.25. The van der Waals surface area contributed by atoms with E-state index in [9.17, 15) is 9.90 Å². The number of phenolic OH excluding ortho intramolecular Hbond substituents is 1. The van der Waals surface area contributed by atoms with Crippen molar-refractivity contribution in [1.29, 1.82) is 0 Å². The number of nitrogens with zero attached hydrogens (tertiary/aromatic N) is 1. The zero-order valence-corrected chi connectivity index (χ0v) is 12.6. The number of anilines is 1. The van der Waals surface area contributed by atoms with Gasteiger partial charge in [-0.25, -0.2) is 0 Å². The molecule has 20 heavy (non-hydrogen) atoms. The molecular formula is C14H21ClN2O3. The van der Waals surface area contributed by atoms with Gasteiger partial charge in [-0.1, -0.05) is 0 Å². The molecule has 1 aromatic rings. The molecule has 0 unspecified atom stereocenters. The second-order valence-corrected chi connectivity index (χ2v) is 4.90. The summed E-state index contributed by atoms with van der Waals surface area (Å²) in [5, 5.41) is 12.6. The summed E-state index contributed by atoms with van der Waals surface area (Å²) >= 11 is 0. The molecule has 0 bridgehead atoms. The van der Waals surface area contributed by atoms with Crippen LogP contribution in [-0.2, 0) is 9.53 Å². The number of ether oxygens (including phenoxy) is 1. The summed E-state index contributed by atoms with van der Waals surface area (Å²) in [5.74, 6) is 0.248. The van der Waals surface area contributed by atoms with Crippen molar-refractivity contribution in [2.24, 2.45) is 0 Å². The van der Waals surface area contributed by atoms with E-state index in [0.29, 0.717) is 19.8 Å². The molecule has 1 heterocycles. The topological polar surface area (TPSA) is 61.8 Å². The number of carbonyl (C=O) groups is 1. The van der Waals surface area contributed by atoms with Crippen molar-refractivity contribution >= 4 is 24.0 Å². The molecule has 0 radical (unpaired) electrons. The van der Waals surface area contributed by atoms with Crippen molar-refractivity contribution in [1.82, 2.24) is 4.90 Å². The van der Waals surface area contributed by atoms with Gasteiger partial charge in [-0.3, -0.25) is 9.69 Å². The fraction of sp³-hybridized carbons (Fsp3) is 0.500. The van der Waals surface area contributed by atoms with Crippen LogP contribution < -0.4 is 5.32 Å². The fourth-order valence-corrected chi connectivity index (χ4v) is 2.19. The van der Waals surface area contributed by atoms with Crippen LogP contribution in [0.25, 0.3) is 0 Å². The molecule has 2 N–H and O–H groups in total. The minimum absolute atomic E-state index is 0. The van der Waals surface area contributed by atoms with Crippen LogP contribution in [0.5, 0.6) is 5.75 Å². The maximum absolute atomic E-state index is 11.9. The van der Waals surface area contributed by atoms with Crippen molar-refractivity contribution in [3.8, 4) is 5.75 Å². The number of amides is 1. The molecular weight excluding hydrogens is 280 g/mol. The molecule has 1 fully saturated rings. The fourth-order valence-electron chi connectivity index (χ4n) is 2.19. The summed E-state index contributed by atoms with van der Waals surface area (Å²) in [5.41, 5.74) is 2.26. The minimum atomic E-state index is -0.0358. The Bertz CT molecular complexity index is 450. The largest absolute Gasteiger partial charge is 0.507 e. The SMILES string of the molecule is Cc1cc(NC(=O)CN2CCOCC2)cc(C)c1O.Cl. The van der Waals surface area contributed by atoms with Crippen molar-refractivity contribution in [2.75, 3.05) is 38.2 Å². The normalized spacial score (nSPS) is 15.5. The Hall–Kier alpha value is -1.30. The van der Waals surface area contributed by atoms with E-state index in [-0.39, 0.29) is 24.1 Å². The average Bonchev–Trinajstić information content (AvgIpc) is 2.37. The Morgan fingerprint density at radius 2 is 1.85 bits per heavy atom. The predicted molar refractivity (Wildman–Crippen MR) is 80.7 cm³/mol. The van der Waals surface area contributed by atoms with E-state index in [0.717, 1.165) is 29.9 Å². The first-order valence-corrected chi connectivity index (χ1v) is 6.46. The second kappa shape index (κ2) is 7.47. The summed E-state index contributed by atoms with van der Waals surface area (Å²) in [6.45, 7) is 6.97. The maximum atomic E-state index is 11.9. The van der Waals surface area contributed by atoms with Gasteiger partial charge < -0.3 is 15.2 Å². The van der Waals surface area contributed by atoms with Gasteiger partial charge in [0.05, 0.1) is 19.8 Å². The van der Waals surface area contributed by atoms with Crippen LogP contribution >= 0.6 is 12.4 Å². The number of morpholine rings is 1. The van der Waals surface area contributed by atoms with E-state index in [1.54, 1.807) is 12.1 Å². The molecule has 0 aromatic heterocycles. The molecule has 112 valence electrons. The summed E-state index contributed by atoms with van der Waals surface area (Å²) in [6, 6.07) is 3.55. The standard InChI is InChI=1S/C14H20N2O3.ClH/c1-10-7-12(8-11(2)14(10)18)15-13(17)9-16-3-5-19-6-4-16;/h7-8,18H,3-6,9H2,1-2H3,(H,15,17);1H. The van der Waals surface area contributed by atoms with Crippen LogP contribution in [0, 0.1) is 13.8 Å². The zero-order valence-electron chi connectivity index (χ0n) is 11.8. The average molecular weight is 301 g/mol. The number of aryl methyl sites for hydroxylation is 2. The summed E-state index contributed by atoms with van der Waals surface area (Å²) < 4.78 is 5.24. The highest BCUT2D eigenvalue weighted by Crippen LogP contribution is 2.25. The van der Waals surface area contributed by atoms with Crippen LogP contribution in [0.3, 0.4) is 0 Å². The number of nitrogens with one attached hydrogen (secondary N) is 1. The van der Waals surface area contributed by atoms with Crippen LogP contribution in [-0.4, -0.2) is 48.8 Å². The third kappa shape index (κ3) is 4.37. The van der Waals surface area contributed by atoms with Crippen LogP contribution in [0.2, 0.25) is 0 Å². The van der Waals surface area contributed by atoms with E-state index >= 15 is 0 Å². The lowest BCUT2D eigenvalue weighted by molar-refractivity contribution is -0.118. The molecule has 0 spiro atoms.